The maximum Gasteiger partial charge on any atom is 0.251 e. The van der Waals surface area contributed by atoms with E-state index in [2.05, 4.69) is 15.6 Å². The van der Waals surface area contributed by atoms with E-state index in [1.165, 1.54) is 19.3 Å². The van der Waals surface area contributed by atoms with E-state index in [1.807, 2.05) is 42.1 Å². The van der Waals surface area contributed by atoms with Crippen molar-refractivity contribution in [2.45, 2.75) is 51.5 Å². The van der Waals surface area contributed by atoms with E-state index >= 15 is 0 Å². The van der Waals surface area contributed by atoms with Gasteiger partial charge in [0, 0.05) is 49.9 Å². The van der Waals surface area contributed by atoms with Crippen molar-refractivity contribution in [2.75, 3.05) is 6.54 Å². The molecule has 0 radical (unpaired) electrons. The van der Waals surface area contributed by atoms with Gasteiger partial charge in [0.15, 0.2) is 0 Å². The van der Waals surface area contributed by atoms with Crippen LogP contribution in [0.15, 0.2) is 36.7 Å². The second kappa shape index (κ2) is 8.13. The van der Waals surface area contributed by atoms with Gasteiger partial charge in [-0.2, -0.15) is 0 Å². The zero-order valence-electron chi connectivity index (χ0n) is 18.3. The largest absolute Gasteiger partial charge is 0.352 e. The Labute approximate surface area is 183 Å². The first-order chi connectivity index (χ1) is 15.0. The summed E-state index contributed by atoms with van der Waals surface area (Å²) in [7, 11) is 1.95. The molecule has 4 bridgehead atoms. The summed E-state index contributed by atoms with van der Waals surface area (Å²) in [5.41, 5.74) is 1.56. The van der Waals surface area contributed by atoms with Crippen LogP contribution >= 0.6 is 0 Å². The van der Waals surface area contributed by atoms with Crippen LogP contribution in [0.1, 0.15) is 60.3 Å². The summed E-state index contributed by atoms with van der Waals surface area (Å²) in [5.74, 6) is 3.43. The Morgan fingerprint density at radius 1 is 1.03 bits per heavy atom. The van der Waals surface area contributed by atoms with Gasteiger partial charge < -0.3 is 15.2 Å². The zero-order valence-corrected chi connectivity index (χ0v) is 18.3. The molecule has 4 fully saturated rings. The van der Waals surface area contributed by atoms with Crippen LogP contribution in [-0.2, 0) is 24.8 Å². The number of nitrogens with one attached hydrogen (secondary N) is 2. The molecule has 4 aliphatic rings. The lowest BCUT2D eigenvalue weighted by Gasteiger charge is -2.55. The van der Waals surface area contributed by atoms with Crippen LogP contribution in [0.2, 0.25) is 0 Å². The van der Waals surface area contributed by atoms with Crippen LogP contribution in [0, 0.1) is 23.2 Å². The van der Waals surface area contributed by atoms with Crippen LogP contribution in [0.5, 0.6) is 0 Å². The van der Waals surface area contributed by atoms with Gasteiger partial charge in [0.1, 0.15) is 5.82 Å². The molecule has 6 heteroatoms. The van der Waals surface area contributed by atoms with E-state index in [9.17, 15) is 9.59 Å². The number of amides is 2. The van der Waals surface area contributed by atoms with Crippen molar-refractivity contribution in [3.05, 3.63) is 53.6 Å². The topological polar surface area (TPSA) is 76.0 Å². The highest BCUT2D eigenvalue weighted by atomic mass is 16.2. The SMILES string of the molecule is Cn1ccnc1CCNC(=O)c1ccc(CNC(=O)C23CC4CC(CC(C4)C2)C3)cc1. The van der Waals surface area contributed by atoms with Crippen molar-refractivity contribution in [2.24, 2.45) is 30.2 Å². The number of imidazole rings is 1. The van der Waals surface area contributed by atoms with E-state index < -0.39 is 0 Å². The summed E-state index contributed by atoms with van der Waals surface area (Å²) in [6.45, 7) is 1.08. The minimum atomic E-state index is -0.109. The number of aryl methyl sites for hydroxylation is 1. The summed E-state index contributed by atoms with van der Waals surface area (Å²) in [5, 5.41) is 6.16. The van der Waals surface area contributed by atoms with Gasteiger partial charge in [-0.25, -0.2) is 4.98 Å². The number of nitrogens with zero attached hydrogens (tertiary/aromatic N) is 2. The van der Waals surface area contributed by atoms with Crippen molar-refractivity contribution >= 4 is 11.8 Å². The fraction of sp³-hybridized carbons (Fsp3) is 0.560. The monoisotopic (exact) mass is 420 g/mol. The quantitative estimate of drug-likeness (QED) is 0.722. The van der Waals surface area contributed by atoms with Crippen LogP contribution in [0.4, 0.5) is 0 Å². The zero-order chi connectivity index (χ0) is 21.4. The highest BCUT2D eigenvalue weighted by Crippen LogP contribution is 2.60. The molecular formula is C25H32N4O2. The van der Waals surface area contributed by atoms with Crippen molar-refractivity contribution in [3.8, 4) is 0 Å². The van der Waals surface area contributed by atoms with Gasteiger partial charge in [-0.3, -0.25) is 9.59 Å². The van der Waals surface area contributed by atoms with E-state index in [1.54, 1.807) is 6.20 Å². The van der Waals surface area contributed by atoms with Crippen molar-refractivity contribution in [1.29, 1.82) is 0 Å². The maximum atomic E-state index is 13.1. The minimum absolute atomic E-state index is 0.0849. The first kappa shape index (κ1) is 20.3. The third kappa shape index (κ3) is 4.12. The molecule has 4 saturated carbocycles. The normalized spacial score (nSPS) is 28.5. The fourth-order valence-electron chi connectivity index (χ4n) is 6.56. The van der Waals surface area contributed by atoms with Gasteiger partial charge in [0.05, 0.1) is 0 Å². The van der Waals surface area contributed by atoms with Crippen LogP contribution in [0.3, 0.4) is 0 Å². The number of aromatic nitrogens is 2. The van der Waals surface area contributed by atoms with Gasteiger partial charge in [0.25, 0.3) is 5.91 Å². The van der Waals surface area contributed by atoms with E-state index in [-0.39, 0.29) is 17.2 Å². The standard InChI is InChI=1S/C25H32N4O2/c1-29-9-8-26-22(29)6-7-27-23(30)21-4-2-17(3-5-21)16-28-24(31)25-13-18-10-19(14-25)12-20(11-18)15-25/h2-5,8-9,18-20H,6-7,10-16H2,1H3,(H,27,30)(H,28,31). The van der Waals surface area contributed by atoms with Gasteiger partial charge in [-0.05, 0) is 74.0 Å². The second-order valence-corrected chi connectivity index (χ2v) is 10.0. The van der Waals surface area contributed by atoms with Gasteiger partial charge in [-0.1, -0.05) is 12.1 Å². The number of rotatable bonds is 7. The number of carbonyl (C=O) groups excluding carboxylic acids is 2. The highest BCUT2D eigenvalue weighted by molar-refractivity contribution is 5.94. The number of benzene rings is 1. The third-order valence-corrected chi connectivity index (χ3v) is 7.74. The Balaban J connectivity index is 1.11. The molecule has 1 aromatic carbocycles. The summed E-state index contributed by atoms with van der Waals surface area (Å²) < 4.78 is 1.96. The molecular weight excluding hydrogens is 388 g/mol. The number of hydrogen-bond acceptors (Lipinski definition) is 3. The average molecular weight is 421 g/mol. The van der Waals surface area contributed by atoms with Gasteiger partial charge in [-0.15, -0.1) is 0 Å². The van der Waals surface area contributed by atoms with Crippen LogP contribution in [-0.4, -0.2) is 27.9 Å². The van der Waals surface area contributed by atoms with Crippen molar-refractivity contribution in [3.63, 3.8) is 0 Å². The minimum Gasteiger partial charge on any atom is -0.352 e. The Morgan fingerprint density at radius 3 is 2.26 bits per heavy atom. The molecule has 164 valence electrons. The second-order valence-electron chi connectivity index (χ2n) is 10.0. The first-order valence-corrected chi connectivity index (χ1v) is 11.6. The molecule has 4 aliphatic carbocycles. The summed E-state index contributed by atoms with van der Waals surface area (Å²) in [4.78, 5) is 29.8. The molecule has 6 nitrogen and oxygen atoms in total. The molecule has 6 rings (SSSR count). The Morgan fingerprint density at radius 2 is 1.68 bits per heavy atom. The van der Waals surface area contributed by atoms with E-state index in [0.29, 0.717) is 25.1 Å². The van der Waals surface area contributed by atoms with Crippen LogP contribution < -0.4 is 10.6 Å². The number of carbonyl (C=O) groups is 2. The fourth-order valence-corrected chi connectivity index (χ4v) is 6.56. The molecule has 1 heterocycles. The lowest BCUT2D eigenvalue weighted by atomic mass is 9.49. The lowest BCUT2D eigenvalue weighted by molar-refractivity contribution is -0.146. The average Bonchev–Trinajstić information content (AvgIpc) is 3.16. The van der Waals surface area contributed by atoms with Crippen molar-refractivity contribution in [1.82, 2.24) is 20.2 Å². The Kier molecular flexibility index (Phi) is 5.32. The van der Waals surface area contributed by atoms with E-state index in [4.69, 9.17) is 0 Å². The Bertz CT molecular complexity index is 927. The lowest BCUT2D eigenvalue weighted by Crippen LogP contribution is -2.53. The highest BCUT2D eigenvalue weighted by Gasteiger charge is 2.54. The molecule has 31 heavy (non-hydrogen) atoms. The molecule has 0 aliphatic heterocycles. The summed E-state index contributed by atoms with van der Waals surface area (Å²) in [6, 6.07) is 7.55. The molecule has 2 amide bonds. The molecule has 1 aromatic heterocycles. The molecule has 2 aromatic rings. The Hall–Kier alpha value is -2.63. The van der Waals surface area contributed by atoms with Gasteiger partial charge >= 0.3 is 0 Å². The summed E-state index contributed by atoms with van der Waals surface area (Å²) in [6.07, 6.45) is 11.7. The van der Waals surface area contributed by atoms with E-state index in [0.717, 1.165) is 48.4 Å². The third-order valence-electron chi connectivity index (χ3n) is 7.74. The molecule has 2 N–H and O–H groups in total. The van der Waals surface area contributed by atoms with Crippen molar-refractivity contribution < 1.29 is 9.59 Å². The van der Waals surface area contributed by atoms with Crippen LogP contribution in [0.25, 0.3) is 0 Å². The first-order valence-electron chi connectivity index (χ1n) is 11.6. The molecule has 0 atom stereocenters. The molecule has 0 unspecified atom stereocenters. The maximum absolute atomic E-state index is 13.1. The van der Waals surface area contributed by atoms with Gasteiger partial charge in [0.2, 0.25) is 5.91 Å². The predicted octanol–water partition coefficient (Wildman–Crippen LogP) is 3.23. The molecule has 0 spiro atoms. The smallest absolute Gasteiger partial charge is 0.251 e. The molecule has 0 saturated heterocycles. The summed E-state index contributed by atoms with van der Waals surface area (Å²) >= 11 is 0. The number of hydrogen-bond donors (Lipinski definition) is 2. The predicted molar refractivity (Wildman–Crippen MR) is 118 cm³/mol.